The van der Waals surface area contributed by atoms with E-state index in [1.807, 2.05) is 38.1 Å². The molecule has 0 radical (unpaired) electrons. The van der Waals surface area contributed by atoms with Crippen LogP contribution in [0.4, 0.5) is 5.69 Å². The Balaban J connectivity index is 1.86. The van der Waals surface area contributed by atoms with Crippen molar-refractivity contribution in [2.75, 3.05) is 18.5 Å². The van der Waals surface area contributed by atoms with Gasteiger partial charge < -0.3 is 14.8 Å². The Hall–Kier alpha value is -2.39. The van der Waals surface area contributed by atoms with Crippen molar-refractivity contribution in [3.8, 4) is 11.5 Å². The van der Waals surface area contributed by atoms with Crippen LogP contribution in [0.15, 0.2) is 54.6 Å². The van der Waals surface area contributed by atoms with Crippen molar-refractivity contribution in [3.05, 3.63) is 65.2 Å². The van der Waals surface area contributed by atoms with Crippen LogP contribution < -0.4 is 14.8 Å². The van der Waals surface area contributed by atoms with Gasteiger partial charge in [-0.15, -0.1) is 0 Å². The van der Waals surface area contributed by atoms with E-state index in [0.29, 0.717) is 30.5 Å². The minimum absolute atomic E-state index is 0.573. The van der Waals surface area contributed by atoms with Crippen molar-refractivity contribution in [1.29, 1.82) is 0 Å². The molecule has 1 N–H and O–H groups in total. The van der Waals surface area contributed by atoms with Crippen molar-refractivity contribution >= 4 is 28.1 Å². The lowest BCUT2D eigenvalue weighted by atomic mass is 10.1. The lowest BCUT2D eigenvalue weighted by Crippen LogP contribution is -2.04. The molecule has 0 fully saturated rings. The predicted octanol–water partition coefficient (Wildman–Crippen LogP) is 5.90. The first-order chi connectivity index (χ1) is 12.2. The number of hydrogen-bond donors (Lipinski definition) is 1. The molecule has 0 aliphatic carbocycles. The van der Waals surface area contributed by atoms with Crippen LogP contribution in [0.2, 0.25) is 5.02 Å². The van der Waals surface area contributed by atoms with Gasteiger partial charge in [0.25, 0.3) is 0 Å². The van der Waals surface area contributed by atoms with Gasteiger partial charge in [0.05, 0.1) is 13.2 Å². The van der Waals surface area contributed by atoms with Crippen LogP contribution >= 0.6 is 11.6 Å². The van der Waals surface area contributed by atoms with Crippen LogP contribution in [0.3, 0.4) is 0 Å². The highest BCUT2D eigenvalue weighted by Crippen LogP contribution is 2.34. The fourth-order valence-corrected chi connectivity index (χ4v) is 3.04. The third-order valence-electron chi connectivity index (χ3n) is 3.97. The molecule has 130 valence electrons. The maximum atomic E-state index is 6.45. The Bertz CT molecular complexity index is 858. The van der Waals surface area contributed by atoms with E-state index in [4.69, 9.17) is 21.1 Å². The Kier molecular flexibility index (Phi) is 5.67. The molecule has 3 nitrogen and oxygen atoms in total. The quantitative estimate of drug-likeness (QED) is 0.572. The van der Waals surface area contributed by atoms with Crippen molar-refractivity contribution in [1.82, 2.24) is 0 Å². The number of anilines is 1. The highest BCUT2D eigenvalue weighted by Gasteiger charge is 2.11. The molecule has 25 heavy (non-hydrogen) atoms. The molecule has 0 aromatic heterocycles. The van der Waals surface area contributed by atoms with Crippen LogP contribution in [-0.4, -0.2) is 13.2 Å². The van der Waals surface area contributed by atoms with Crippen molar-refractivity contribution in [2.45, 2.75) is 20.4 Å². The number of nitrogens with one attached hydrogen (secondary N) is 1. The van der Waals surface area contributed by atoms with Crippen molar-refractivity contribution < 1.29 is 9.47 Å². The van der Waals surface area contributed by atoms with Gasteiger partial charge in [-0.25, -0.2) is 0 Å². The number of fused-ring (bicyclic) bond motifs is 1. The summed E-state index contributed by atoms with van der Waals surface area (Å²) in [5, 5.41) is 6.55. The molecule has 0 aliphatic rings. The smallest absolute Gasteiger partial charge is 0.162 e. The fraction of sp³-hybridized carbons (Fsp3) is 0.238. The molecule has 0 heterocycles. The van der Waals surface area contributed by atoms with E-state index < -0.39 is 0 Å². The largest absolute Gasteiger partial charge is 0.490 e. The van der Waals surface area contributed by atoms with Gasteiger partial charge in [0.2, 0.25) is 0 Å². The van der Waals surface area contributed by atoms with Gasteiger partial charge in [-0.3, -0.25) is 0 Å². The molecule has 3 aromatic carbocycles. The zero-order valence-electron chi connectivity index (χ0n) is 14.5. The second-order valence-corrected chi connectivity index (χ2v) is 6.04. The van der Waals surface area contributed by atoms with E-state index >= 15 is 0 Å². The zero-order valence-corrected chi connectivity index (χ0v) is 15.3. The van der Waals surface area contributed by atoms with E-state index in [2.05, 4.69) is 35.6 Å². The summed E-state index contributed by atoms with van der Waals surface area (Å²) in [4.78, 5) is 0. The van der Waals surface area contributed by atoms with Gasteiger partial charge in [0, 0.05) is 28.7 Å². The third-order valence-corrected chi connectivity index (χ3v) is 4.32. The van der Waals surface area contributed by atoms with Crippen LogP contribution in [-0.2, 0) is 6.54 Å². The molecule has 3 aromatic rings. The summed E-state index contributed by atoms with van der Waals surface area (Å²) in [5.74, 6) is 1.41. The molecule has 0 bridgehead atoms. The summed E-state index contributed by atoms with van der Waals surface area (Å²) in [6.45, 7) is 5.67. The summed E-state index contributed by atoms with van der Waals surface area (Å²) >= 11 is 6.45. The monoisotopic (exact) mass is 355 g/mol. The van der Waals surface area contributed by atoms with Crippen LogP contribution in [0.1, 0.15) is 19.4 Å². The summed E-state index contributed by atoms with van der Waals surface area (Å²) < 4.78 is 11.3. The fourth-order valence-electron chi connectivity index (χ4n) is 2.82. The number of ether oxygens (including phenoxy) is 2. The first-order valence-electron chi connectivity index (χ1n) is 8.52. The molecule has 4 heteroatoms. The Morgan fingerprint density at radius 3 is 2.32 bits per heavy atom. The van der Waals surface area contributed by atoms with E-state index in [-0.39, 0.29) is 0 Å². The second kappa shape index (κ2) is 8.13. The first kappa shape index (κ1) is 17.4. The van der Waals surface area contributed by atoms with Gasteiger partial charge in [-0.05, 0) is 36.9 Å². The van der Waals surface area contributed by atoms with Crippen LogP contribution in [0.5, 0.6) is 11.5 Å². The van der Waals surface area contributed by atoms with Gasteiger partial charge in [-0.1, -0.05) is 48.0 Å². The number of rotatable bonds is 7. The first-order valence-corrected chi connectivity index (χ1v) is 8.90. The summed E-state index contributed by atoms with van der Waals surface area (Å²) in [6, 6.07) is 18.3. The number of halogens is 1. The molecule has 0 unspecified atom stereocenters. The topological polar surface area (TPSA) is 30.5 Å². The standard InChI is InChI=1S/C21H22ClNO2/c1-3-24-20-12-16(18(22)13-21(20)25-4-2)14-23-19-11-7-9-15-8-5-6-10-17(15)19/h5-13,23H,3-4,14H2,1-2H3. The Labute approximate surface area is 153 Å². The zero-order chi connectivity index (χ0) is 17.6. The van der Waals surface area contributed by atoms with Gasteiger partial charge in [0.1, 0.15) is 0 Å². The van der Waals surface area contributed by atoms with Gasteiger partial charge in [0.15, 0.2) is 11.5 Å². The highest BCUT2D eigenvalue weighted by molar-refractivity contribution is 6.31. The minimum atomic E-state index is 0.573. The lowest BCUT2D eigenvalue weighted by Gasteiger charge is -2.15. The van der Waals surface area contributed by atoms with Crippen molar-refractivity contribution in [2.24, 2.45) is 0 Å². The number of hydrogen-bond acceptors (Lipinski definition) is 3. The van der Waals surface area contributed by atoms with Crippen molar-refractivity contribution in [3.63, 3.8) is 0 Å². The van der Waals surface area contributed by atoms with Crippen LogP contribution in [0.25, 0.3) is 10.8 Å². The van der Waals surface area contributed by atoms with E-state index in [9.17, 15) is 0 Å². The average molecular weight is 356 g/mol. The maximum absolute atomic E-state index is 6.45. The summed E-state index contributed by atoms with van der Waals surface area (Å²) in [6.07, 6.45) is 0. The molecular weight excluding hydrogens is 334 g/mol. The summed E-state index contributed by atoms with van der Waals surface area (Å²) in [5.41, 5.74) is 2.06. The Morgan fingerprint density at radius 2 is 1.56 bits per heavy atom. The summed E-state index contributed by atoms with van der Waals surface area (Å²) in [7, 11) is 0. The molecule has 0 aliphatic heterocycles. The maximum Gasteiger partial charge on any atom is 0.162 e. The predicted molar refractivity (Wildman–Crippen MR) is 105 cm³/mol. The molecule has 0 spiro atoms. The minimum Gasteiger partial charge on any atom is -0.490 e. The van der Waals surface area contributed by atoms with E-state index in [1.54, 1.807) is 0 Å². The van der Waals surface area contributed by atoms with Gasteiger partial charge in [-0.2, -0.15) is 0 Å². The molecule has 0 atom stereocenters. The highest BCUT2D eigenvalue weighted by atomic mass is 35.5. The third kappa shape index (κ3) is 3.99. The Morgan fingerprint density at radius 1 is 0.880 bits per heavy atom. The van der Waals surface area contributed by atoms with E-state index in [1.165, 1.54) is 10.8 Å². The van der Waals surface area contributed by atoms with Crippen LogP contribution in [0, 0.1) is 0 Å². The SMILES string of the molecule is CCOc1cc(Cl)c(CNc2cccc3ccccc23)cc1OCC. The van der Waals surface area contributed by atoms with E-state index in [0.717, 1.165) is 17.0 Å². The second-order valence-electron chi connectivity index (χ2n) is 5.64. The average Bonchev–Trinajstić information content (AvgIpc) is 2.63. The molecule has 0 amide bonds. The lowest BCUT2D eigenvalue weighted by molar-refractivity contribution is 0.287. The normalized spacial score (nSPS) is 10.7. The number of benzene rings is 3. The molecular formula is C21H22ClNO2. The molecule has 0 saturated carbocycles. The molecule has 3 rings (SSSR count). The van der Waals surface area contributed by atoms with Gasteiger partial charge >= 0.3 is 0 Å². The molecule has 0 saturated heterocycles.